The summed E-state index contributed by atoms with van der Waals surface area (Å²) in [6.45, 7) is 0.565. The molecule has 0 aliphatic carbocycles. The van der Waals surface area contributed by atoms with Crippen LogP contribution < -0.4 is 11.1 Å². The minimum Gasteiger partial charge on any atom is -0.463 e. The molecule has 32 heavy (non-hydrogen) atoms. The number of pyridine rings is 2. The monoisotopic (exact) mass is 422 g/mol. The van der Waals surface area contributed by atoms with Crippen molar-refractivity contribution in [2.24, 2.45) is 5.73 Å². The van der Waals surface area contributed by atoms with Gasteiger partial charge in [0.25, 0.3) is 0 Å². The largest absolute Gasteiger partial charge is 0.463 e. The number of benzene rings is 1. The molecule has 0 aliphatic heterocycles. The molecule has 5 rings (SSSR count). The van der Waals surface area contributed by atoms with Crippen LogP contribution in [0.4, 0.5) is 5.82 Å². The molecule has 7 heteroatoms. The van der Waals surface area contributed by atoms with E-state index in [2.05, 4.69) is 27.4 Å². The molecule has 0 saturated carbocycles. The molecule has 0 spiro atoms. The van der Waals surface area contributed by atoms with E-state index in [1.807, 2.05) is 48.5 Å². The van der Waals surface area contributed by atoms with Gasteiger partial charge in [-0.2, -0.15) is 0 Å². The Hall–Kier alpha value is -4.10. The molecular weight excluding hydrogens is 400 g/mol. The van der Waals surface area contributed by atoms with Crippen LogP contribution in [-0.4, -0.2) is 32.5 Å². The van der Waals surface area contributed by atoms with E-state index in [0.717, 1.165) is 17.4 Å². The van der Waals surface area contributed by atoms with Gasteiger partial charge in [-0.05, 0) is 42.3 Å². The Bertz CT molecular complexity index is 1310. The summed E-state index contributed by atoms with van der Waals surface area (Å²) >= 11 is 0. The summed E-state index contributed by atoms with van der Waals surface area (Å²) in [6, 6.07) is 19.5. The number of nitrogens with zero attached hydrogens (tertiary/aromatic N) is 4. The number of fused-ring (bicyclic) bond motifs is 1. The molecule has 3 N–H and O–H groups in total. The van der Waals surface area contributed by atoms with Crippen molar-refractivity contribution in [3.63, 3.8) is 0 Å². The maximum atomic E-state index is 6.41. The number of aromatic nitrogens is 4. The van der Waals surface area contributed by atoms with Crippen molar-refractivity contribution in [2.45, 2.75) is 12.5 Å². The average molecular weight is 422 g/mol. The minimum atomic E-state index is -0.0711. The van der Waals surface area contributed by atoms with Crippen molar-refractivity contribution >= 4 is 16.7 Å². The number of hydrogen-bond donors (Lipinski definition) is 2. The Morgan fingerprint density at radius 1 is 0.906 bits per heavy atom. The minimum absolute atomic E-state index is 0.0711. The SMILES string of the molecule is N[C@@H](CNc1nc(-c2ccncc2)nc2c(-c3ccco3)nccc12)Cc1ccccc1. The van der Waals surface area contributed by atoms with Crippen LogP contribution in [0.3, 0.4) is 0 Å². The molecule has 0 aliphatic rings. The molecular formula is C25H22N6O. The van der Waals surface area contributed by atoms with Crippen molar-refractivity contribution in [1.29, 1.82) is 0 Å². The standard InChI is InChI=1S/C25H22N6O/c26-19(15-17-5-2-1-3-6-17)16-29-25-20-10-13-28-23(21-7-4-14-32-21)22(20)30-24(31-25)18-8-11-27-12-9-18/h1-14,19H,15-16,26H2,(H,29,30,31)/t19-/m1/s1. The third kappa shape index (κ3) is 4.19. The normalized spacial score (nSPS) is 12.0. The van der Waals surface area contributed by atoms with Gasteiger partial charge in [0.15, 0.2) is 11.6 Å². The Labute approximate surface area is 185 Å². The maximum absolute atomic E-state index is 6.41. The molecule has 1 atom stereocenters. The van der Waals surface area contributed by atoms with Gasteiger partial charge in [0.2, 0.25) is 0 Å². The van der Waals surface area contributed by atoms with Crippen molar-refractivity contribution in [3.8, 4) is 22.8 Å². The summed E-state index contributed by atoms with van der Waals surface area (Å²) < 4.78 is 5.60. The lowest BCUT2D eigenvalue weighted by atomic mass is 10.1. The van der Waals surface area contributed by atoms with E-state index >= 15 is 0 Å². The Balaban J connectivity index is 1.52. The van der Waals surface area contributed by atoms with Gasteiger partial charge in [0.05, 0.1) is 6.26 Å². The van der Waals surface area contributed by atoms with Gasteiger partial charge in [-0.15, -0.1) is 0 Å². The third-order valence-corrected chi connectivity index (χ3v) is 5.18. The zero-order valence-corrected chi connectivity index (χ0v) is 17.3. The highest BCUT2D eigenvalue weighted by atomic mass is 16.3. The Morgan fingerprint density at radius 2 is 1.75 bits per heavy atom. The first-order valence-corrected chi connectivity index (χ1v) is 10.4. The molecule has 158 valence electrons. The number of nitrogens with one attached hydrogen (secondary N) is 1. The van der Waals surface area contributed by atoms with Crippen LogP contribution in [0.2, 0.25) is 0 Å². The second kappa shape index (κ2) is 8.95. The molecule has 4 aromatic heterocycles. The van der Waals surface area contributed by atoms with Crippen LogP contribution in [-0.2, 0) is 6.42 Å². The first-order chi connectivity index (χ1) is 15.8. The van der Waals surface area contributed by atoms with Crippen LogP contribution in [0, 0.1) is 0 Å². The molecule has 0 fully saturated rings. The zero-order chi connectivity index (χ0) is 21.8. The van der Waals surface area contributed by atoms with Gasteiger partial charge in [-0.1, -0.05) is 30.3 Å². The highest BCUT2D eigenvalue weighted by Gasteiger charge is 2.16. The van der Waals surface area contributed by atoms with Gasteiger partial charge in [-0.25, -0.2) is 9.97 Å². The van der Waals surface area contributed by atoms with Crippen molar-refractivity contribution in [3.05, 3.63) is 91.1 Å². The van der Waals surface area contributed by atoms with E-state index in [1.54, 1.807) is 24.9 Å². The fraction of sp³-hybridized carbons (Fsp3) is 0.120. The summed E-state index contributed by atoms with van der Waals surface area (Å²) in [5.41, 5.74) is 9.87. The molecule has 0 radical (unpaired) electrons. The van der Waals surface area contributed by atoms with Gasteiger partial charge in [-0.3, -0.25) is 9.97 Å². The predicted molar refractivity (Wildman–Crippen MR) is 125 cm³/mol. The topological polar surface area (TPSA) is 103 Å². The fourth-order valence-electron chi connectivity index (χ4n) is 3.63. The molecule has 0 saturated heterocycles. The van der Waals surface area contributed by atoms with Crippen molar-refractivity contribution in [2.75, 3.05) is 11.9 Å². The quantitative estimate of drug-likeness (QED) is 0.402. The smallest absolute Gasteiger partial charge is 0.162 e. The van der Waals surface area contributed by atoms with E-state index < -0.39 is 0 Å². The summed E-state index contributed by atoms with van der Waals surface area (Å²) in [5.74, 6) is 1.95. The van der Waals surface area contributed by atoms with Gasteiger partial charge in [0.1, 0.15) is 17.0 Å². The van der Waals surface area contributed by atoms with Crippen LogP contribution in [0.15, 0.2) is 89.9 Å². The van der Waals surface area contributed by atoms with Gasteiger partial charge < -0.3 is 15.5 Å². The van der Waals surface area contributed by atoms with E-state index in [1.165, 1.54) is 5.56 Å². The van der Waals surface area contributed by atoms with Crippen LogP contribution in [0.25, 0.3) is 33.7 Å². The fourth-order valence-corrected chi connectivity index (χ4v) is 3.63. The lowest BCUT2D eigenvalue weighted by molar-refractivity contribution is 0.580. The van der Waals surface area contributed by atoms with Crippen LogP contribution >= 0.6 is 0 Å². The second-order valence-corrected chi connectivity index (χ2v) is 7.50. The molecule has 7 nitrogen and oxygen atoms in total. The average Bonchev–Trinajstić information content (AvgIpc) is 3.38. The van der Waals surface area contributed by atoms with Crippen molar-refractivity contribution < 1.29 is 4.42 Å². The molecule has 1 aromatic carbocycles. The lowest BCUT2D eigenvalue weighted by Gasteiger charge is -2.16. The molecule has 0 amide bonds. The summed E-state index contributed by atoms with van der Waals surface area (Å²) in [5, 5.41) is 4.30. The van der Waals surface area contributed by atoms with E-state index in [9.17, 15) is 0 Å². The first kappa shape index (κ1) is 19.8. The lowest BCUT2D eigenvalue weighted by Crippen LogP contribution is -2.31. The predicted octanol–water partition coefficient (Wildman–Crippen LogP) is 4.33. The zero-order valence-electron chi connectivity index (χ0n) is 17.3. The van der Waals surface area contributed by atoms with Gasteiger partial charge >= 0.3 is 0 Å². The molecule has 0 unspecified atom stereocenters. The molecule has 5 aromatic rings. The molecule has 4 heterocycles. The Morgan fingerprint density at radius 3 is 2.53 bits per heavy atom. The highest BCUT2D eigenvalue weighted by molar-refractivity contribution is 5.97. The van der Waals surface area contributed by atoms with Gasteiger partial charge in [0, 0.05) is 42.1 Å². The van der Waals surface area contributed by atoms with Crippen LogP contribution in [0.5, 0.6) is 0 Å². The van der Waals surface area contributed by atoms with E-state index in [0.29, 0.717) is 35.2 Å². The number of furan rings is 1. The second-order valence-electron chi connectivity index (χ2n) is 7.50. The third-order valence-electron chi connectivity index (χ3n) is 5.18. The first-order valence-electron chi connectivity index (χ1n) is 10.4. The summed E-state index contributed by atoms with van der Waals surface area (Å²) in [6.07, 6.45) is 7.59. The summed E-state index contributed by atoms with van der Waals surface area (Å²) in [7, 11) is 0. The number of anilines is 1. The molecule has 0 bridgehead atoms. The number of nitrogens with two attached hydrogens (primary N) is 1. The van der Waals surface area contributed by atoms with E-state index in [4.69, 9.17) is 20.1 Å². The Kier molecular flexibility index (Phi) is 5.55. The number of rotatable bonds is 7. The van der Waals surface area contributed by atoms with Crippen molar-refractivity contribution in [1.82, 2.24) is 19.9 Å². The highest BCUT2D eigenvalue weighted by Crippen LogP contribution is 2.31. The van der Waals surface area contributed by atoms with E-state index in [-0.39, 0.29) is 6.04 Å². The number of hydrogen-bond acceptors (Lipinski definition) is 7. The summed E-state index contributed by atoms with van der Waals surface area (Å²) in [4.78, 5) is 18.3. The van der Waals surface area contributed by atoms with Crippen LogP contribution in [0.1, 0.15) is 5.56 Å². The maximum Gasteiger partial charge on any atom is 0.162 e.